The van der Waals surface area contributed by atoms with Crippen molar-refractivity contribution in [2.24, 2.45) is 11.7 Å². The third kappa shape index (κ3) is 3.30. The van der Waals surface area contributed by atoms with Crippen LogP contribution in [-0.2, 0) is 4.74 Å². The van der Waals surface area contributed by atoms with Crippen molar-refractivity contribution in [3.8, 4) is 0 Å². The van der Waals surface area contributed by atoms with E-state index in [1.165, 1.54) is 41.0 Å². The van der Waals surface area contributed by atoms with Gasteiger partial charge in [0.05, 0.1) is 5.60 Å². The molecule has 21 heavy (non-hydrogen) atoms. The molecular formula is C18H27NOS. The van der Waals surface area contributed by atoms with Gasteiger partial charge in [-0.3, -0.25) is 0 Å². The van der Waals surface area contributed by atoms with Gasteiger partial charge >= 0.3 is 0 Å². The summed E-state index contributed by atoms with van der Waals surface area (Å²) in [6.07, 6.45) is 4.65. The van der Waals surface area contributed by atoms with Gasteiger partial charge in [0, 0.05) is 12.6 Å². The number of thioether (sulfide) groups is 1. The van der Waals surface area contributed by atoms with Crippen LogP contribution in [0.3, 0.4) is 0 Å². The first-order valence-corrected chi connectivity index (χ1v) is 9.30. The van der Waals surface area contributed by atoms with Crippen LogP contribution in [0.2, 0.25) is 0 Å². The molecule has 1 spiro atoms. The Balaban J connectivity index is 1.74. The fourth-order valence-corrected chi connectivity index (χ4v) is 4.94. The molecule has 0 radical (unpaired) electrons. The smallest absolute Gasteiger partial charge is 0.0701 e. The number of hydrogen-bond acceptors (Lipinski definition) is 3. The minimum absolute atomic E-state index is 0.130. The van der Waals surface area contributed by atoms with Gasteiger partial charge in [-0.15, -0.1) is 0 Å². The van der Waals surface area contributed by atoms with Gasteiger partial charge in [-0.1, -0.05) is 18.2 Å². The van der Waals surface area contributed by atoms with Crippen molar-refractivity contribution in [3.63, 3.8) is 0 Å². The standard InChI is InChI=1S/C18H27NOS/c1-13-3-4-15(11-14(13)2)17(19)16-5-8-20-18(12-16)6-9-21-10-7-18/h3-4,11,16-17H,5-10,12,19H2,1-2H3. The largest absolute Gasteiger partial charge is 0.375 e. The molecule has 2 nitrogen and oxygen atoms in total. The molecule has 0 amide bonds. The lowest BCUT2D eigenvalue weighted by Crippen LogP contribution is -2.45. The Kier molecular flexibility index (Phi) is 4.63. The molecule has 1 aromatic rings. The SMILES string of the molecule is Cc1ccc(C(N)C2CCOC3(CCSCC3)C2)cc1C. The number of rotatable bonds is 2. The summed E-state index contributed by atoms with van der Waals surface area (Å²) in [5.41, 5.74) is 10.7. The summed E-state index contributed by atoms with van der Waals surface area (Å²) in [6.45, 7) is 5.22. The van der Waals surface area contributed by atoms with Crippen molar-refractivity contribution in [1.82, 2.24) is 0 Å². The minimum atomic E-state index is 0.130. The number of aryl methyl sites for hydroxylation is 2. The van der Waals surface area contributed by atoms with Gasteiger partial charge in [-0.25, -0.2) is 0 Å². The van der Waals surface area contributed by atoms with Gasteiger partial charge in [-0.2, -0.15) is 11.8 Å². The lowest BCUT2D eigenvalue weighted by atomic mass is 9.77. The third-order valence-corrected chi connectivity index (χ3v) is 6.34. The Hall–Kier alpha value is -0.510. The van der Waals surface area contributed by atoms with E-state index in [0.29, 0.717) is 5.92 Å². The highest BCUT2D eigenvalue weighted by atomic mass is 32.2. The van der Waals surface area contributed by atoms with E-state index in [9.17, 15) is 0 Å². The quantitative estimate of drug-likeness (QED) is 0.897. The molecule has 2 aliphatic rings. The second kappa shape index (κ2) is 6.31. The topological polar surface area (TPSA) is 35.2 Å². The zero-order chi connectivity index (χ0) is 14.9. The second-order valence-electron chi connectivity index (χ2n) is 6.77. The van der Waals surface area contributed by atoms with Crippen LogP contribution in [0.1, 0.15) is 48.4 Å². The van der Waals surface area contributed by atoms with Crippen LogP contribution in [0, 0.1) is 19.8 Å². The predicted molar refractivity (Wildman–Crippen MR) is 90.8 cm³/mol. The highest BCUT2D eigenvalue weighted by Gasteiger charge is 2.40. The molecule has 116 valence electrons. The van der Waals surface area contributed by atoms with Crippen LogP contribution >= 0.6 is 11.8 Å². The lowest BCUT2D eigenvalue weighted by molar-refractivity contribution is -0.105. The molecule has 0 bridgehead atoms. The van der Waals surface area contributed by atoms with Crippen molar-refractivity contribution >= 4 is 11.8 Å². The molecule has 0 saturated carbocycles. The minimum Gasteiger partial charge on any atom is -0.375 e. The van der Waals surface area contributed by atoms with Gasteiger partial charge < -0.3 is 10.5 Å². The lowest BCUT2D eigenvalue weighted by Gasteiger charge is -2.44. The molecule has 0 aromatic heterocycles. The Morgan fingerprint density at radius 1 is 1.24 bits per heavy atom. The summed E-state index contributed by atoms with van der Waals surface area (Å²) in [4.78, 5) is 0. The molecule has 2 unspecified atom stereocenters. The Labute approximate surface area is 132 Å². The zero-order valence-electron chi connectivity index (χ0n) is 13.2. The predicted octanol–water partition coefficient (Wildman–Crippen LogP) is 4.00. The molecule has 2 heterocycles. The molecule has 2 saturated heterocycles. The van der Waals surface area contributed by atoms with E-state index < -0.39 is 0 Å². The molecular weight excluding hydrogens is 278 g/mol. The summed E-state index contributed by atoms with van der Waals surface area (Å²) in [5.74, 6) is 3.04. The molecule has 2 atom stereocenters. The van der Waals surface area contributed by atoms with Crippen molar-refractivity contribution in [3.05, 3.63) is 34.9 Å². The summed E-state index contributed by atoms with van der Waals surface area (Å²) >= 11 is 2.06. The molecule has 3 rings (SSSR count). The maximum absolute atomic E-state index is 6.62. The second-order valence-corrected chi connectivity index (χ2v) is 7.99. The Morgan fingerprint density at radius 2 is 2.00 bits per heavy atom. The molecule has 2 aliphatic heterocycles. The van der Waals surface area contributed by atoms with E-state index in [4.69, 9.17) is 10.5 Å². The summed E-state index contributed by atoms with van der Waals surface area (Å²) in [6, 6.07) is 6.85. The van der Waals surface area contributed by atoms with Crippen molar-refractivity contribution in [2.45, 2.75) is 51.2 Å². The third-order valence-electron chi connectivity index (χ3n) is 5.36. The van der Waals surface area contributed by atoms with Crippen LogP contribution in [0.4, 0.5) is 0 Å². The van der Waals surface area contributed by atoms with Crippen LogP contribution in [0.25, 0.3) is 0 Å². The first kappa shape index (κ1) is 15.4. The summed E-state index contributed by atoms with van der Waals surface area (Å²) in [5, 5.41) is 0. The van der Waals surface area contributed by atoms with E-state index >= 15 is 0 Å². The molecule has 1 aromatic carbocycles. The first-order chi connectivity index (χ1) is 10.1. The van der Waals surface area contributed by atoms with Crippen LogP contribution < -0.4 is 5.73 Å². The van der Waals surface area contributed by atoms with Crippen LogP contribution in [0.5, 0.6) is 0 Å². The molecule has 3 heteroatoms. The summed E-state index contributed by atoms with van der Waals surface area (Å²) < 4.78 is 6.20. The monoisotopic (exact) mass is 305 g/mol. The van der Waals surface area contributed by atoms with Crippen molar-refractivity contribution in [1.29, 1.82) is 0 Å². The van der Waals surface area contributed by atoms with Crippen molar-refractivity contribution in [2.75, 3.05) is 18.1 Å². The normalized spacial score (nSPS) is 26.7. The van der Waals surface area contributed by atoms with Crippen molar-refractivity contribution < 1.29 is 4.74 Å². The average molecular weight is 305 g/mol. The number of ether oxygens (including phenoxy) is 1. The zero-order valence-corrected chi connectivity index (χ0v) is 14.0. The van der Waals surface area contributed by atoms with E-state index in [1.807, 2.05) is 0 Å². The van der Waals surface area contributed by atoms with E-state index in [2.05, 4.69) is 43.8 Å². The highest BCUT2D eigenvalue weighted by Crippen LogP contribution is 2.43. The van der Waals surface area contributed by atoms with E-state index in [0.717, 1.165) is 19.4 Å². The molecule has 2 N–H and O–H groups in total. The van der Waals surface area contributed by atoms with Gasteiger partial charge in [-0.05, 0) is 73.6 Å². The molecule has 0 aliphatic carbocycles. The Morgan fingerprint density at radius 3 is 2.71 bits per heavy atom. The van der Waals surface area contributed by atoms with Gasteiger partial charge in [0.2, 0.25) is 0 Å². The number of benzene rings is 1. The fourth-order valence-electron chi connectivity index (χ4n) is 3.71. The van der Waals surface area contributed by atoms with Crippen LogP contribution in [-0.4, -0.2) is 23.7 Å². The maximum Gasteiger partial charge on any atom is 0.0701 e. The Bertz CT molecular complexity index is 490. The maximum atomic E-state index is 6.62. The fraction of sp³-hybridized carbons (Fsp3) is 0.667. The number of hydrogen-bond donors (Lipinski definition) is 1. The van der Waals surface area contributed by atoms with Crippen LogP contribution in [0.15, 0.2) is 18.2 Å². The number of nitrogens with two attached hydrogens (primary N) is 1. The first-order valence-electron chi connectivity index (χ1n) is 8.14. The van der Waals surface area contributed by atoms with Gasteiger partial charge in [0.25, 0.3) is 0 Å². The molecule has 2 fully saturated rings. The summed E-state index contributed by atoms with van der Waals surface area (Å²) in [7, 11) is 0. The van der Waals surface area contributed by atoms with Gasteiger partial charge in [0.1, 0.15) is 0 Å². The van der Waals surface area contributed by atoms with E-state index in [1.54, 1.807) is 0 Å². The average Bonchev–Trinajstić information content (AvgIpc) is 2.50. The highest BCUT2D eigenvalue weighted by molar-refractivity contribution is 7.99. The van der Waals surface area contributed by atoms with E-state index in [-0.39, 0.29) is 11.6 Å². The van der Waals surface area contributed by atoms with Gasteiger partial charge in [0.15, 0.2) is 0 Å².